The minimum absolute atomic E-state index is 0.0190. The van der Waals surface area contributed by atoms with Crippen LogP contribution in [0.4, 0.5) is 5.69 Å². The molecule has 0 bridgehead atoms. The van der Waals surface area contributed by atoms with Gasteiger partial charge in [0, 0.05) is 23.1 Å². The van der Waals surface area contributed by atoms with Gasteiger partial charge in [-0.3, -0.25) is 19.3 Å². The van der Waals surface area contributed by atoms with Crippen LogP contribution in [0, 0.1) is 0 Å². The van der Waals surface area contributed by atoms with Crippen LogP contribution in [0.15, 0.2) is 74.6 Å². The number of hydrogen-bond donors (Lipinski definition) is 2. The predicted octanol–water partition coefficient (Wildman–Crippen LogP) is 3.51. The summed E-state index contributed by atoms with van der Waals surface area (Å²) in [6, 6.07) is 13.4. The Labute approximate surface area is 186 Å². The molecule has 9 heteroatoms. The molecule has 1 aromatic heterocycles. The number of para-hydroxylation sites is 1. The van der Waals surface area contributed by atoms with Crippen LogP contribution in [0.25, 0.3) is 0 Å². The maximum atomic E-state index is 12.8. The Morgan fingerprint density at radius 3 is 2.88 bits per heavy atom. The van der Waals surface area contributed by atoms with Crippen LogP contribution in [0.2, 0.25) is 0 Å². The maximum absolute atomic E-state index is 12.8. The Bertz CT molecular complexity index is 1370. The lowest BCUT2D eigenvalue weighted by Gasteiger charge is -2.17. The summed E-state index contributed by atoms with van der Waals surface area (Å²) in [5, 5.41) is 10.7. The Morgan fingerprint density at radius 1 is 1.22 bits per heavy atom. The first-order chi connectivity index (χ1) is 15.5. The topological polar surface area (TPSA) is 106 Å². The molecule has 0 spiro atoms. The molecule has 0 saturated heterocycles. The number of aromatic amines is 1. The minimum atomic E-state index is -0.701. The van der Waals surface area contributed by atoms with Crippen LogP contribution in [0.3, 0.4) is 0 Å². The maximum Gasteiger partial charge on any atom is 0.331 e. The number of H-pyrrole nitrogens is 1. The van der Waals surface area contributed by atoms with Crippen molar-refractivity contribution in [1.29, 1.82) is 0 Å². The number of allylic oxidation sites excluding steroid dienone is 1. The van der Waals surface area contributed by atoms with Gasteiger partial charge in [-0.05, 0) is 29.8 Å². The number of hydrogen-bond acceptors (Lipinski definition) is 7. The lowest BCUT2D eigenvalue weighted by molar-refractivity contribution is 0.174. The summed E-state index contributed by atoms with van der Waals surface area (Å²) < 4.78 is 12.0. The van der Waals surface area contributed by atoms with Gasteiger partial charge in [-0.2, -0.15) is 0 Å². The van der Waals surface area contributed by atoms with Gasteiger partial charge in [-0.25, -0.2) is 4.79 Å². The molecular formula is C23H19N3O5S. The van der Waals surface area contributed by atoms with Crippen LogP contribution >= 0.6 is 11.8 Å². The Morgan fingerprint density at radius 2 is 2.03 bits per heavy atom. The molecule has 0 saturated carbocycles. The molecule has 2 aliphatic heterocycles. The Balaban J connectivity index is 1.66. The second-order valence-electron chi connectivity index (χ2n) is 7.31. The first kappa shape index (κ1) is 20.2. The molecule has 2 aliphatic rings. The molecule has 162 valence electrons. The van der Waals surface area contributed by atoms with Crippen LogP contribution in [-0.2, 0) is 6.54 Å². The molecule has 32 heavy (non-hydrogen) atoms. The number of aromatic hydroxyl groups is 1. The van der Waals surface area contributed by atoms with Crippen molar-refractivity contribution >= 4 is 23.2 Å². The first-order valence-corrected chi connectivity index (χ1v) is 10.8. The summed E-state index contributed by atoms with van der Waals surface area (Å²) in [4.78, 5) is 32.9. The molecule has 0 amide bonds. The number of aromatic nitrogens is 2. The lowest BCUT2D eigenvalue weighted by atomic mass is 10.0. The molecule has 8 nitrogen and oxygen atoms in total. The summed E-state index contributed by atoms with van der Waals surface area (Å²) in [5.41, 5.74) is 0.652. The van der Waals surface area contributed by atoms with Gasteiger partial charge in [0.1, 0.15) is 5.56 Å². The number of thioether (sulfide) groups is 1. The fourth-order valence-electron chi connectivity index (χ4n) is 3.79. The van der Waals surface area contributed by atoms with Crippen molar-refractivity contribution in [2.24, 2.45) is 4.99 Å². The standard InChI is InChI=1S/C23H19N3O5S/c1-2-9-26-22(28)20(21(27)25-23(26)29)15-11-19(32-18-6-4-3-5-14(18)24-15)13-7-8-16-17(10-13)31-12-30-16/h2-8,10,19,28H,1,9,11-12H2,(H,25,27,29)/t19-/m0/s1. The Hall–Kier alpha value is -3.72. The third-order valence-corrected chi connectivity index (χ3v) is 6.63. The van der Waals surface area contributed by atoms with E-state index in [1.165, 1.54) is 6.08 Å². The SMILES string of the molecule is C=CCn1c(O)c(C2=Nc3ccccc3S[C@H](c3ccc4c(c3)OCO4)C2)c(=O)[nH]c1=O. The van der Waals surface area contributed by atoms with Gasteiger partial charge in [0.25, 0.3) is 5.56 Å². The molecule has 1 atom stereocenters. The van der Waals surface area contributed by atoms with Gasteiger partial charge in [0.05, 0.1) is 11.4 Å². The van der Waals surface area contributed by atoms with E-state index in [9.17, 15) is 14.7 Å². The van der Waals surface area contributed by atoms with Gasteiger partial charge < -0.3 is 14.6 Å². The van der Waals surface area contributed by atoms with Gasteiger partial charge in [-0.1, -0.05) is 24.3 Å². The van der Waals surface area contributed by atoms with E-state index in [-0.39, 0.29) is 24.2 Å². The minimum Gasteiger partial charge on any atom is -0.494 e. The van der Waals surface area contributed by atoms with E-state index >= 15 is 0 Å². The number of rotatable bonds is 4. The van der Waals surface area contributed by atoms with Crippen molar-refractivity contribution in [3.8, 4) is 17.4 Å². The van der Waals surface area contributed by atoms with Crippen molar-refractivity contribution in [1.82, 2.24) is 9.55 Å². The molecule has 2 aromatic carbocycles. The van der Waals surface area contributed by atoms with Crippen LogP contribution < -0.4 is 20.7 Å². The zero-order chi connectivity index (χ0) is 22.2. The fraction of sp³-hybridized carbons (Fsp3) is 0.174. The number of aliphatic imine (C=N–C) groups is 1. The average molecular weight is 449 g/mol. The van der Waals surface area contributed by atoms with E-state index in [1.807, 2.05) is 42.5 Å². The largest absolute Gasteiger partial charge is 0.494 e. The summed E-state index contributed by atoms with van der Waals surface area (Å²) in [7, 11) is 0. The highest BCUT2D eigenvalue weighted by atomic mass is 32.2. The van der Waals surface area contributed by atoms with Crippen molar-refractivity contribution in [2.45, 2.75) is 23.1 Å². The highest BCUT2D eigenvalue weighted by molar-refractivity contribution is 7.99. The van der Waals surface area contributed by atoms with E-state index in [0.717, 1.165) is 15.0 Å². The summed E-state index contributed by atoms with van der Waals surface area (Å²) >= 11 is 1.61. The van der Waals surface area contributed by atoms with Crippen LogP contribution in [0.1, 0.15) is 22.8 Å². The van der Waals surface area contributed by atoms with E-state index < -0.39 is 17.1 Å². The third-order valence-electron chi connectivity index (χ3n) is 5.31. The van der Waals surface area contributed by atoms with Crippen molar-refractivity contribution in [3.05, 3.63) is 87.1 Å². The zero-order valence-corrected chi connectivity index (χ0v) is 17.7. The normalized spacial score (nSPS) is 16.8. The molecule has 3 heterocycles. The predicted molar refractivity (Wildman–Crippen MR) is 122 cm³/mol. The summed E-state index contributed by atoms with van der Waals surface area (Å²) in [5.74, 6) is 0.929. The van der Waals surface area contributed by atoms with Gasteiger partial charge in [0.15, 0.2) is 11.5 Å². The molecule has 2 N–H and O–H groups in total. The number of nitrogens with zero attached hydrogens (tertiary/aromatic N) is 2. The molecule has 0 radical (unpaired) electrons. The van der Waals surface area contributed by atoms with Crippen molar-refractivity contribution in [3.63, 3.8) is 0 Å². The number of ether oxygens (including phenoxy) is 2. The second-order valence-corrected chi connectivity index (χ2v) is 8.55. The van der Waals surface area contributed by atoms with E-state index in [1.54, 1.807) is 11.8 Å². The second kappa shape index (κ2) is 8.08. The fourth-order valence-corrected chi connectivity index (χ4v) is 5.01. The molecule has 0 aliphatic carbocycles. The third kappa shape index (κ3) is 3.50. The molecular weight excluding hydrogens is 430 g/mol. The molecule has 0 fully saturated rings. The van der Waals surface area contributed by atoms with Crippen molar-refractivity contribution in [2.75, 3.05) is 6.79 Å². The van der Waals surface area contributed by atoms with Crippen LogP contribution in [-0.4, -0.2) is 27.2 Å². The lowest BCUT2D eigenvalue weighted by Crippen LogP contribution is -2.34. The number of fused-ring (bicyclic) bond motifs is 2. The summed E-state index contributed by atoms with van der Waals surface area (Å²) in [6.45, 7) is 3.84. The van der Waals surface area contributed by atoms with Crippen molar-refractivity contribution < 1.29 is 14.6 Å². The monoisotopic (exact) mass is 449 g/mol. The summed E-state index contributed by atoms with van der Waals surface area (Å²) in [6.07, 6.45) is 1.82. The first-order valence-electron chi connectivity index (χ1n) is 9.95. The average Bonchev–Trinajstić information content (AvgIpc) is 3.16. The van der Waals surface area contributed by atoms with E-state index in [0.29, 0.717) is 29.3 Å². The van der Waals surface area contributed by atoms with Gasteiger partial charge >= 0.3 is 5.69 Å². The van der Waals surface area contributed by atoms with Crippen LogP contribution in [0.5, 0.6) is 17.4 Å². The van der Waals surface area contributed by atoms with Gasteiger partial charge in [-0.15, -0.1) is 18.3 Å². The highest BCUT2D eigenvalue weighted by Crippen LogP contribution is 2.47. The quantitative estimate of drug-likeness (QED) is 0.591. The zero-order valence-electron chi connectivity index (χ0n) is 16.9. The Kier molecular flexibility index (Phi) is 5.10. The smallest absolute Gasteiger partial charge is 0.331 e. The number of benzene rings is 2. The number of nitrogens with one attached hydrogen (secondary N) is 1. The molecule has 0 unspecified atom stereocenters. The van der Waals surface area contributed by atoms with Gasteiger partial charge in [0.2, 0.25) is 12.7 Å². The molecule has 3 aromatic rings. The van der Waals surface area contributed by atoms with E-state index in [2.05, 4.69) is 11.6 Å². The highest BCUT2D eigenvalue weighted by Gasteiger charge is 2.28. The van der Waals surface area contributed by atoms with E-state index in [4.69, 9.17) is 14.5 Å². The molecule has 5 rings (SSSR count).